The van der Waals surface area contributed by atoms with E-state index in [9.17, 15) is 14.4 Å². The fourth-order valence-electron chi connectivity index (χ4n) is 3.87. The van der Waals surface area contributed by atoms with E-state index in [2.05, 4.69) is 0 Å². The molecule has 6 nitrogen and oxygen atoms in total. The smallest absolute Gasteiger partial charge is 0.329 e. The predicted molar refractivity (Wildman–Crippen MR) is 101 cm³/mol. The van der Waals surface area contributed by atoms with Crippen LogP contribution >= 0.6 is 0 Å². The van der Waals surface area contributed by atoms with E-state index in [4.69, 9.17) is 10.00 Å². The molecule has 28 heavy (non-hydrogen) atoms. The zero-order chi connectivity index (χ0) is 20.3. The van der Waals surface area contributed by atoms with Crippen molar-refractivity contribution >= 4 is 17.8 Å². The summed E-state index contributed by atoms with van der Waals surface area (Å²) < 4.78 is 5.44. The van der Waals surface area contributed by atoms with Crippen LogP contribution in [0.15, 0.2) is 36.4 Å². The third-order valence-electron chi connectivity index (χ3n) is 5.26. The number of nitriles is 1. The number of rotatable bonds is 6. The minimum atomic E-state index is -0.912. The molecule has 1 saturated heterocycles. The van der Waals surface area contributed by atoms with Crippen molar-refractivity contribution in [1.29, 1.82) is 5.26 Å². The number of amides is 2. The lowest BCUT2D eigenvalue weighted by Gasteiger charge is -2.26. The molecule has 3 atom stereocenters. The van der Waals surface area contributed by atoms with Crippen LogP contribution < -0.4 is 0 Å². The van der Waals surface area contributed by atoms with Crippen LogP contribution in [-0.2, 0) is 25.7 Å². The average Bonchev–Trinajstić information content (AvgIpc) is 2.95. The molecule has 0 aromatic heterocycles. The molecule has 1 heterocycles. The van der Waals surface area contributed by atoms with Gasteiger partial charge in [-0.1, -0.05) is 38.1 Å². The Bertz CT molecular complexity index is 826. The fraction of sp³-hybridized carbons (Fsp3) is 0.455. The van der Waals surface area contributed by atoms with Crippen molar-refractivity contribution in [3.8, 4) is 6.07 Å². The third-order valence-corrected chi connectivity index (χ3v) is 5.26. The first-order valence-electron chi connectivity index (χ1n) is 9.60. The molecule has 0 spiro atoms. The van der Waals surface area contributed by atoms with Crippen LogP contribution in [0.4, 0.5) is 0 Å². The number of hydrogen-bond acceptors (Lipinski definition) is 5. The van der Waals surface area contributed by atoms with Crippen molar-refractivity contribution in [1.82, 2.24) is 4.90 Å². The molecule has 0 N–H and O–H groups in total. The molecule has 6 heteroatoms. The number of benzene rings is 1. The standard InChI is InChI=1S/C22H24N2O4/c1-14(2)10-19(22(27)28-13-16-7-5-6-15(11-16)12-23)24-20(25)17-8-3-4-9-18(17)21(24)26/h3-7,11,14,17-19H,8-10,13H2,1-2H3/t17-,18+,19-/m0/s1. The zero-order valence-corrected chi connectivity index (χ0v) is 16.1. The summed E-state index contributed by atoms with van der Waals surface area (Å²) in [6.07, 6.45) is 5.29. The van der Waals surface area contributed by atoms with Gasteiger partial charge in [-0.3, -0.25) is 14.5 Å². The Morgan fingerprint density at radius 2 is 1.86 bits per heavy atom. The van der Waals surface area contributed by atoms with Crippen LogP contribution in [-0.4, -0.2) is 28.7 Å². The van der Waals surface area contributed by atoms with Crippen molar-refractivity contribution in [2.45, 2.75) is 45.8 Å². The van der Waals surface area contributed by atoms with Crippen LogP contribution in [0.25, 0.3) is 0 Å². The van der Waals surface area contributed by atoms with E-state index in [1.54, 1.807) is 24.3 Å². The highest BCUT2D eigenvalue weighted by atomic mass is 16.5. The van der Waals surface area contributed by atoms with Gasteiger partial charge in [0.15, 0.2) is 0 Å². The van der Waals surface area contributed by atoms with Crippen molar-refractivity contribution < 1.29 is 19.1 Å². The Hall–Kier alpha value is -2.94. The third kappa shape index (κ3) is 3.99. The minimum absolute atomic E-state index is 0.00637. The molecule has 0 bridgehead atoms. The van der Waals surface area contributed by atoms with Gasteiger partial charge in [0, 0.05) is 0 Å². The molecule has 146 valence electrons. The van der Waals surface area contributed by atoms with Crippen LogP contribution in [0.1, 0.15) is 44.2 Å². The van der Waals surface area contributed by atoms with Gasteiger partial charge in [-0.05, 0) is 42.9 Å². The van der Waals surface area contributed by atoms with Gasteiger partial charge >= 0.3 is 5.97 Å². The molecule has 0 radical (unpaired) electrons. The number of imide groups is 1. The van der Waals surface area contributed by atoms with E-state index >= 15 is 0 Å². The molecule has 1 fully saturated rings. The topological polar surface area (TPSA) is 87.5 Å². The van der Waals surface area contributed by atoms with Gasteiger partial charge in [0.2, 0.25) is 11.8 Å². The summed E-state index contributed by atoms with van der Waals surface area (Å²) in [6, 6.07) is 7.94. The number of fused-ring (bicyclic) bond motifs is 1. The van der Waals surface area contributed by atoms with Crippen molar-refractivity contribution in [2.24, 2.45) is 17.8 Å². The van der Waals surface area contributed by atoms with E-state index in [1.807, 2.05) is 32.1 Å². The highest BCUT2D eigenvalue weighted by Gasteiger charge is 2.51. The van der Waals surface area contributed by atoms with E-state index in [0.717, 1.165) is 4.90 Å². The number of allylic oxidation sites excluding steroid dienone is 2. The summed E-state index contributed by atoms with van der Waals surface area (Å²) in [5.41, 5.74) is 1.17. The molecule has 2 amide bonds. The molecular weight excluding hydrogens is 356 g/mol. The SMILES string of the molecule is CC(C)C[C@@H](C(=O)OCc1cccc(C#N)c1)N1C(=O)[C@H]2CC=CC[C@H]2C1=O. The molecule has 0 unspecified atom stereocenters. The summed E-state index contributed by atoms with van der Waals surface area (Å²) in [5.74, 6) is -1.74. The molecule has 1 aliphatic heterocycles. The second kappa shape index (κ2) is 8.39. The van der Waals surface area contributed by atoms with E-state index in [0.29, 0.717) is 30.4 Å². The summed E-state index contributed by atoms with van der Waals surface area (Å²) in [5, 5.41) is 8.99. The molecular formula is C22H24N2O4. The van der Waals surface area contributed by atoms with E-state index in [1.165, 1.54) is 0 Å². The van der Waals surface area contributed by atoms with Gasteiger partial charge in [0.1, 0.15) is 12.6 Å². The second-order valence-corrected chi connectivity index (χ2v) is 7.77. The maximum atomic E-state index is 12.9. The van der Waals surface area contributed by atoms with Crippen molar-refractivity contribution in [3.63, 3.8) is 0 Å². The van der Waals surface area contributed by atoms with Gasteiger partial charge in [-0.2, -0.15) is 5.26 Å². The van der Waals surface area contributed by atoms with Crippen LogP contribution in [0, 0.1) is 29.1 Å². The summed E-state index contributed by atoms with van der Waals surface area (Å²) in [4.78, 5) is 39.7. The highest BCUT2D eigenvalue weighted by molar-refractivity contribution is 6.08. The number of carbonyl (C=O) groups is 3. The number of carbonyl (C=O) groups excluding carboxylic acids is 3. The summed E-state index contributed by atoms with van der Waals surface area (Å²) in [7, 11) is 0. The summed E-state index contributed by atoms with van der Waals surface area (Å²) >= 11 is 0. The Kier molecular flexibility index (Phi) is 5.93. The van der Waals surface area contributed by atoms with Gasteiger partial charge in [0.25, 0.3) is 0 Å². The van der Waals surface area contributed by atoms with Gasteiger partial charge < -0.3 is 4.74 Å². The van der Waals surface area contributed by atoms with Crippen molar-refractivity contribution in [3.05, 3.63) is 47.5 Å². The fourth-order valence-corrected chi connectivity index (χ4v) is 3.87. The van der Waals surface area contributed by atoms with E-state index in [-0.39, 0.29) is 36.2 Å². The Balaban J connectivity index is 1.76. The van der Waals surface area contributed by atoms with Crippen LogP contribution in [0.2, 0.25) is 0 Å². The molecule has 1 aromatic carbocycles. The number of likely N-dealkylation sites (tertiary alicyclic amines) is 1. The Morgan fingerprint density at radius 1 is 1.21 bits per heavy atom. The molecule has 2 aliphatic rings. The average molecular weight is 380 g/mol. The number of esters is 1. The van der Waals surface area contributed by atoms with Gasteiger partial charge in [-0.25, -0.2) is 4.79 Å². The lowest BCUT2D eigenvalue weighted by molar-refractivity contribution is -0.160. The molecule has 1 aliphatic carbocycles. The van der Waals surface area contributed by atoms with Crippen LogP contribution in [0.5, 0.6) is 0 Å². The van der Waals surface area contributed by atoms with Gasteiger partial charge in [-0.15, -0.1) is 0 Å². The first-order chi connectivity index (χ1) is 13.4. The lowest BCUT2D eigenvalue weighted by atomic mass is 9.85. The van der Waals surface area contributed by atoms with Gasteiger partial charge in [0.05, 0.1) is 23.5 Å². The predicted octanol–water partition coefficient (Wildman–Crippen LogP) is 2.97. The first kappa shape index (κ1) is 19.8. The lowest BCUT2D eigenvalue weighted by Crippen LogP contribution is -2.47. The first-order valence-corrected chi connectivity index (χ1v) is 9.60. The Morgan fingerprint density at radius 3 is 2.43 bits per heavy atom. The molecule has 0 saturated carbocycles. The van der Waals surface area contributed by atoms with Crippen molar-refractivity contribution in [2.75, 3.05) is 0 Å². The highest BCUT2D eigenvalue weighted by Crippen LogP contribution is 2.37. The second-order valence-electron chi connectivity index (χ2n) is 7.77. The Labute approximate surface area is 164 Å². The number of ether oxygens (including phenoxy) is 1. The monoisotopic (exact) mass is 380 g/mol. The maximum Gasteiger partial charge on any atom is 0.329 e. The maximum absolute atomic E-state index is 12.9. The van der Waals surface area contributed by atoms with Crippen LogP contribution in [0.3, 0.4) is 0 Å². The minimum Gasteiger partial charge on any atom is -0.459 e. The molecule has 1 aromatic rings. The largest absolute Gasteiger partial charge is 0.459 e. The quantitative estimate of drug-likeness (QED) is 0.430. The molecule has 3 rings (SSSR count). The normalized spacial score (nSPS) is 22.1. The zero-order valence-electron chi connectivity index (χ0n) is 16.1. The van der Waals surface area contributed by atoms with E-state index < -0.39 is 12.0 Å². The summed E-state index contributed by atoms with van der Waals surface area (Å²) in [6.45, 7) is 3.88. The number of nitrogens with zero attached hydrogens (tertiary/aromatic N) is 2. The number of hydrogen-bond donors (Lipinski definition) is 0.